The predicted molar refractivity (Wildman–Crippen MR) is 330 cm³/mol. The minimum atomic E-state index is -0.893. The van der Waals surface area contributed by atoms with Crippen LogP contribution in [0, 0.1) is 17.8 Å². The molecule has 2 bridgehead atoms. The van der Waals surface area contributed by atoms with Crippen LogP contribution in [0.5, 0.6) is 5.75 Å². The van der Waals surface area contributed by atoms with Gasteiger partial charge in [-0.25, -0.2) is 9.37 Å². The van der Waals surface area contributed by atoms with Crippen LogP contribution in [0.1, 0.15) is 129 Å². The van der Waals surface area contributed by atoms with E-state index in [-0.39, 0.29) is 86.5 Å². The number of carbonyl (C=O) groups excluding carboxylic acids is 5. The van der Waals surface area contributed by atoms with E-state index in [1.165, 1.54) is 28.7 Å². The van der Waals surface area contributed by atoms with E-state index in [1.54, 1.807) is 36.8 Å². The van der Waals surface area contributed by atoms with Crippen LogP contribution in [0.3, 0.4) is 0 Å². The van der Waals surface area contributed by atoms with Crippen molar-refractivity contribution in [1.82, 2.24) is 40.5 Å². The van der Waals surface area contributed by atoms with Crippen molar-refractivity contribution < 1.29 is 52.0 Å². The van der Waals surface area contributed by atoms with Crippen LogP contribution < -0.4 is 31.3 Å². The van der Waals surface area contributed by atoms with Crippen molar-refractivity contribution in [1.29, 1.82) is 0 Å². The normalized spacial score (nSPS) is 17.9. The second kappa shape index (κ2) is 29.9. The molecule has 470 valence electrons. The van der Waals surface area contributed by atoms with Gasteiger partial charge in [-0.3, -0.25) is 24.0 Å². The Balaban J connectivity index is 0.666. The highest BCUT2D eigenvalue weighted by atomic mass is 19.1. The van der Waals surface area contributed by atoms with Crippen LogP contribution in [-0.2, 0) is 70.6 Å². The number of ether oxygens (including phenoxy) is 5. The largest absolute Gasteiger partial charge is 0.491 e. The second-order valence-corrected chi connectivity index (χ2v) is 24.1. The van der Waals surface area contributed by atoms with Gasteiger partial charge in [-0.05, 0) is 128 Å². The SMILES string of the molecule is [C-]#[N+]c1c2c(nn1CCCC(=O)CCOCCOCCOCCOCCOc1ccc3c(c1)CN(C(=O)[C@@H](NC(=O)[C@H](C)NC)C(C)(C)C)[C@H](C(=O)N[C@@H]1CCCc4ccccc41)C3)CN(C)C(=O)c1ccc(F)cc1[C@H]1CCCN1c1cc-2cnc1N. The number of aryl methyl sites for hydroxylation is 2. The number of anilines is 2. The van der Waals surface area contributed by atoms with E-state index in [1.807, 2.05) is 57.2 Å². The minimum Gasteiger partial charge on any atom is -0.491 e. The zero-order valence-corrected chi connectivity index (χ0v) is 51.5. The fourth-order valence-corrected chi connectivity index (χ4v) is 12.1. The molecule has 0 radical (unpaired) electrons. The quantitative estimate of drug-likeness (QED) is 0.0308. The predicted octanol–water partition coefficient (Wildman–Crippen LogP) is 7.61. The molecule has 5 aromatic rings. The number of fused-ring (bicyclic) bond motifs is 10. The first kappa shape index (κ1) is 64.7. The molecule has 5 heterocycles. The van der Waals surface area contributed by atoms with E-state index < -0.39 is 29.4 Å². The van der Waals surface area contributed by atoms with Crippen LogP contribution in [0.25, 0.3) is 16.0 Å². The van der Waals surface area contributed by atoms with E-state index in [2.05, 4.69) is 42.8 Å². The Labute approximate surface area is 514 Å². The average Bonchev–Trinajstić information content (AvgIpc) is 1.57. The molecule has 1 fully saturated rings. The van der Waals surface area contributed by atoms with Gasteiger partial charge < -0.3 is 64.9 Å². The van der Waals surface area contributed by atoms with Gasteiger partial charge in [0.2, 0.25) is 17.7 Å². The summed E-state index contributed by atoms with van der Waals surface area (Å²) in [6, 6.07) is 17.4. The number of hydrogen-bond acceptors (Lipinski definition) is 15. The molecule has 0 spiro atoms. The molecule has 1 saturated heterocycles. The van der Waals surface area contributed by atoms with Gasteiger partial charge in [0.15, 0.2) is 0 Å². The zero-order chi connectivity index (χ0) is 62.5. The Morgan fingerprint density at radius 2 is 1.58 bits per heavy atom. The highest BCUT2D eigenvalue weighted by Gasteiger charge is 2.43. The number of pyridine rings is 1. The summed E-state index contributed by atoms with van der Waals surface area (Å²) >= 11 is 0. The van der Waals surface area contributed by atoms with Crippen LogP contribution in [0.4, 0.5) is 21.7 Å². The smallest absolute Gasteiger partial charge is 0.260 e. The van der Waals surface area contributed by atoms with E-state index in [0.717, 1.165) is 42.4 Å². The first-order chi connectivity index (χ1) is 42.4. The molecule has 5 N–H and O–H groups in total. The Hall–Kier alpha value is -7.81. The van der Waals surface area contributed by atoms with Crippen molar-refractivity contribution in [2.24, 2.45) is 5.41 Å². The number of nitrogen functional groups attached to an aromatic ring is 1. The Morgan fingerprint density at radius 1 is 0.852 bits per heavy atom. The summed E-state index contributed by atoms with van der Waals surface area (Å²) in [5.41, 5.74) is 13.3. The highest BCUT2D eigenvalue weighted by molar-refractivity contribution is 5.97. The molecule has 3 aliphatic heterocycles. The minimum absolute atomic E-state index is 0.0132. The molecule has 4 amide bonds. The number of nitrogens with two attached hydrogens (primary N) is 1. The maximum Gasteiger partial charge on any atom is 0.260 e. The van der Waals surface area contributed by atoms with Crippen molar-refractivity contribution in [3.63, 3.8) is 0 Å². The number of Topliss-reactive ketones (excluding diaryl/α,β-unsaturated/α-hetero) is 1. The topological polar surface area (TPSA) is 238 Å². The lowest BCUT2D eigenvalue weighted by Crippen LogP contribution is -2.62. The van der Waals surface area contributed by atoms with Crippen molar-refractivity contribution in [2.45, 2.75) is 135 Å². The monoisotopic (exact) mass is 1210 g/mol. The standard InChI is InChI=1S/C66H84FN11O10/c1-42(69-5)62(80)73-59(66(2,3)4)65(83)77-40-46-35-49(21-19-44(46)36-57(77)63(81)72-53-17-10-14-43-13-8-9-16-50(43)53)88-34-33-87-32-31-86-30-29-85-28-27-84-26-23-48(79)15-11-25-78-61(70-6)58-45-37-56(60(68)71-39-45)76-24-12-18-55(76)52-38-47(67)20-22-51(52)64(82)75(7)41-54(58)74-78/h8-9,13,16,19-22,35,37-39,42,53,55,57,59,69H,10-12,14-15,17-18,23-34,36,40-41H2,1-5,7H3,(H2,68,71)(H,72,81)(H,73,80)/t42-,53+,55+,57-,59+/m0/s1. The van der Waals surface area contributed by atoms with Crippen LogP contribution in [-0.4, -0.2) is 152 Å². The number of amides is 4. The third-order valence-corrected chi connectivity index (χ3v) is 17.0. The van der Waals surface area contributed by atoms with Gasteiger partial charge in [0.1, 0.15) is 47.6 Å². The molecule has 21 nitrogen and oxygen atoms in total. The molecule has 88 heavy (non-hydrogen) atoms. The van der Waals surface area contributed by atoms with Gasteiger partial charge in [-0.2, -0.15) is 4.68 Å². The van der Waals surface area contributed by atoms with Crippen LogP contribution >= 0.6 is 0 Å². The zero-order valence-electron chi connectivity index (χ0n) is 51.5. The average molecular weight is 1210 g/mol. The molecule has 1 aliphatic carbocycles. The second-order valence-electron chi connectivity index (χ2n) is 24.1. The van der Waals surface area contributed by atoms with Gasteiger partial charge in [0.05, 0.1) is 89.8 Å². The molecule has 9 rings (SSSR count). The maximum absolute atomic E-state index is 14.7. The summed E-state index contributed by atoms with van der Waals surface area (Å²) in [4.78, 5) is 82.9. The first-order valence-corrected chi connectivity index (χ1v) is 30.7. The summed E-state index contributed by atoms with van der Waals surface area (Å²) in [7, 11) is 3.36. The number of aromatic nitrogens is 3. The van der Waals surface area contributed by atoms with Crippen LogP contribution in [0.15, 0.2) is 72.9 Å². The summed E-state index contributed by atoms with van der Waals surface area (Å²) in [5, 5.41) is 14.1. The van der Waals surface area contributed by atoms with E-state index in [4.69, 9.17) is 41.1 Å². The molecule has 3 aromatic carbocycles. The van der Waals surface area contributed by atoms with E-state index >= 15 is 0 Å². The van der Waals surface area contributed by atoms with E-state index in [9.17, 15) is 28.4 Å². The molecular formula is C66H84FN11O10. The molecule has 0 unspecified atom stereocenters. The third-order valence-electron chi connectivity index (χ3n) is 17.0. The number of halogens is 1. The van der Waals surface area contributed by atoms with Gasteiger partial charge in [0.25, 0.3) is 11.7 Å². The lowest BCUT2D eigenvalue weighted by molar-refractivity contribution is -0.147. The summed E-state index contributed by atoms with van der Waals surface area (Å²) in [6.07, 6.45) is 7.05. The van der Waals surface area contributed by atoms with Crippen molar-refractivity contribution in [2.75, 3.05) is 90.7 Å². The molecule has 5 atom stereocenters. The fourth-order valence-electron chi connectivity index (χ4n) is 12.1. The molecule has 22 heteroatoms. The van der Waals surface area contributed by atoms with Gasteiger partial charge >= 0.3 is 0 Å². The number of likely N-dealkylation sites (N-methyl/N-ethyl adjacent to an activating group) is 1. The fraction of sp³-hybridized carbons (Fsp3) is 0.515. The highest BCUT2D eigenvalue weighted by Crippen LogP contribution is 2.44. The number of hydrogen-bond donors (Lipinski definition) is 4. The Kier molecular flexibility index (Phi) is 22.0. The van der Waals surface area contributed by atoms with Crippen molar-refractivity contribution in [3.8, 4) is 16.9 Å². The molecule has 0 saturated carbocycles. The Bertz CT molecular complexity index is 3340. The number of rotatable bonds is 26. The maximum atomic E-state index is 14.7. The van der Waals surface area contributed by atoms with Gasteiger partial charge in [-0.1, -0.05) is 57.7 Å². The van der Waals surface area contributed by atoms with Crippen molar-refractivity contribution >= 4 is 46.7 Å². The Morgan fingerprint density at radius 3 is 2.31 bits per heavy atom. The summed E-state index contributed by atoms with van der Waals surface area (Å²) < 4.78 is 45.2. The number of nitrogens with zero attached hydrogens (tertiary/aromatic N) is 7. The summed E-state index contributed by atoms with van der Waals surface area (Å²) in [5.74, 6) is -0.390. The first-order valence-electron chi connectivity index (χ1n) is 30.7. The molecule has 4 aliphatic rings. The third kappa shape index (κ3) is 15.7. The lowest BCUT2D eigenvalue weighted by Gasteiger charge is -2.41. The molecular weight excluding hydrogens is 1130 g/mol. The van der Waals surface area contributed by atoms with Gasteiger partial charge in [-0.15, -0.1) is 5.10 Å². The number of carbonyl (C=O) groups is 5. The van der Waals surface area contributed by atoms with Gasteiger partial charge in [0, 0.05) is 56.7 Å². The van der Waals surface area contributed by atoms with Crippen LogP contribution in [0.2, 0.25) is 0 Å². The van der Waals surface area contributed by atoms with Crippen molar-refractivity contribution in [3.05, 3.63) is 129 Å². The number of nitrogens with one attached hydrogen (secondary N) is 3. The summed E-state index contributed by atoms with van der Waals surface area (Å²) in [6.45, 7) is 19.7. The van der Waals surface area contributed by atoms with E-state index in [0.29, 0.717) is 124 Å². The molecule has 2 aromatic heterocycles. The number of benzene rings is 3. The lowest BCUT2D eigenvalue weighted by atomic mass is 9.83. The number of ketones is 1.